The first kappa shape index (κ1) is 20.4. The Labute approximate surface area is 179 Å². The normalized spacial score (nSPS) is 14.7. The highest BCUT2D eigenvalue weighted by atomic mass is 32.1. The van der Waals surface area contributed by atoms with Gasteiger partial charge in [0.15, 0.2) is 0 Å². The average Bonchev–Trinajstić information content (AvgIpc) is 3.23. The van der Waals surface area contributed by atoms with Crippen LogP contribution in [-0.2, 0) is 13.0 Å². The lowest BCUT2D eigenvalue weighted by atomic mass is 10.2. The fourth-order valence-electron chi connectivity index (χ4n) is 3.46. The average molecular weight is 426 g/mol. The monoisotopic (exact) mass is 425 g/mol. The van der Waals surface area contributed by atoms with Gasteiger partial charge in [0.2, 0.25) is 0 Å². The highest BCUT2D eigenvalue weighted by Gasteiger charge is 2.25. The third-order valence-corrected chi connectivity index (χ3v) is 6.15. The summed E-state index contributed by atoms with van der Waals surface area (Å²) in [5.41, 5.74) is 1.84. The summed E-state index contributed by atoms with van der Waals surface area (Å²) in [7, 11) is 0. The molecule has 0 radical (unpaired) electrons. The molecule has 1 aromatic carbocycles. The van der Waals surface area contributed by atoms with Crippen LogP contribution in [0, 0.1) is 5.82 Å². The van der Waals surface area contributed by atoms with Gasteiger partial charge in [-0.25, -0.2) is 14.4 Å². The molecular formula is C22H24FN5OS. The summed E-state index contributed by atoms with van der Waals surface area (Å²) in [6.07, 6.45) is 2.55. The number of piperazine rings is 1. The third kappa shape index (κ3) is 4.66. The number of hydrogen-bond donors (Lipinski definition) is 1. The Hall–Kier alpha value is -2.84. The number of halogens is 1. The van der Waals surface area contributed by atoms with E-state index >= 15 is 0 Å². The van der Waals surface area contributed by atoms with Gasteiger partial charge < -0.3 is 10.2 Å². The first-order valence-electron chi connectivity index (χ1n) is 10.1. The molecule has 1 saturated heterocycles. The van der Waals surface area contributed by atoms with Crippen LogP contribution in [0.1, 0.15) is 28.0 Å². The summed E-state index contributed by atoms with van der Waals surface area (Å²) in [5, 5.41) is 6.23. The summed E-state index contributed by atoms with van der Waals surface area (Å²) in [6.45, 7) is 5.78. The number of rotatable bonds is 6. The molecule has 1 amide bonds. The Kier molecular flexibility index (Phi) is 6.35. The molecule has 4 rings (SSSR count). The van der Waals surface area contributed by atoms with Crippen LogP contribution in [0.5, 0.6) is 0 Å². The van der Waals surface area contributed by atoms with Crippen LogP contribution < -0.4 is 5.32 Å². The van der Waals surface area contributed by atoms with Crippen molar-refractivity contribution in [3.05, 3.63) is 70.1 Å². The molecule has 1 N–H and O–H groups in total. The van der Waals surface area contributed by atoms with E-state index in [-0.39, 0.29) is 11.7 Å². The molecule has 1 aliphatic rings. The maximum absolute atomic E-state index is 14.0. The molecule has 0 bridgehead atoms. The zero-order valence-corrected chi connectivity index (χ0v) is 17.7. The van der Waals surface area contributed by atoms with E-state index in [2.05, 4.69) is 32.5 Å². The summed E-state index contributed by atoms with van der Waals surface area (Å²) in [4.78, 5) is 26.2. The maximum atomic E-state index is 14.0. The number of hydrogen-bond acceptors (Lipinski definition) is 6. The Balaban J connectivity index is 1.40. The SMILES string of the molecule is CCc1nc(CN2CCN(C(=O)c3cccnc3Nc3ccccc3F)CC2)cs1. The Bertz CT molecular complexity index is 1020. The summed E-state index contributed by atoms with van der Waals surface area (Å²) in [6, 6.07) is 9.81. The van der Waals surface area contributed by atoms with Gasteiger partial charge in [-0.2, -0.15) is 0 Å². The number of carbonyl (C=O) groups excluding carboxylic acids is 1. The van der Waals surface area contributed by atoms with E-state index < -0.39 is 0 Å². The number of carbonyl (C=O) groups is 1. The van der Waals surface area contributed by atoms with Gasteiger partial charge in [-0.15, -0.1) is 11.3 Å². The fourth-order valence-corrected chi connectivity index (χ4v) is 4.20. The predicted octanol–water partition coefficient (Wildman–Crippen LogP) is 3.94. The second kappa shape index (κ2) is 9.32. The van der Waals surface area contributed by atoms with Crippen LogP contribution in [-0.4, -0.2) is 51.9 Å². The number of amides is 1. The van der Waals surface area contributed by atoms with Crippen molar-refractivity contribution in [2.24, 2.45) is 0 Å². The van der Waals surface area contributed by atoms with E-state index in [9.17, 15) is 9.18 Å². The number of pyridine rings is 1. The number of benzene rings is 1. The Morgan fingerprint density at radius 3 is 2.70 bits per heavy atom. The number of para-hydroxylation sites is 1. The van der Waals surface area contributed by atoms with E-state index in [1.807, 2.05) is 4.90 Å². The molecule has 0 spiro atoms. The van der Waals surface area contributed by atoms with E-state index in [0.29, 0.717) is 30.2 Å². The number of anilines is 2. The third-order valence-electron chi connectivity index (χ3n) is 5.11. The van der Waals surface area contributed by atoms with Crippen LogP contribution in [0.2, 0.25) is 0 Å². The van der Waals surface area contributed by atoms with Gasteiger partial charge in [-0.1, -0.05) is 19.1 Å². The van der Waals surface area contributed by atoms with Crippen molar-refractivity contribution in [2.45, 2.75) is 19.9 Å². The molecule has 8 heteroatoms. The van der Waals surface area contributed by atoms with Crippen molar-refractivity contribution in [1.82, 2.24) is 19.8 Å². The molecule has 1 aliphatic heterocycles. The van der Waals surface area contributed by atoms with Crippen molar-refractivity contribution in [3.63, 3.8) is 0 Å². The number of aromatic nitrogens is 2. The van der Waals surface area contributed by atoms with Gasteiger partial charge in [-0.05, 0) is 30.7 Å². The quantitative estimate of drug-likeness (QED) is 0.648. The van der Waals surface area contributed by atoms with Gasteiger partial charge in [0.05, 0.1) is 22.0 Å². The smallest absolute Gasteiger partial charge is 0.257 e. The van der Waals surface area contributed by atoms with E-state index in [1.54, 1.807) is 47.9 Å². The first-order chi connectivity index (χ1) is 14.6. The molecule has 6 nitrogen and oxygen atoms in total. The predicted molar refractivity (Wildman–Crippen MR) is 117 cm³/mol. The van der Waals surface area contributed by atoms with Crippen LogP contribution >= 0.6 is 11.3 Å². The summed E-state index contributed by atoms with van der Waals surface area (Å²) < 4.78 is 14.0. The highest BCUT2D eigenvalue weighted by Crippen LogP contribution is 2.23. The second-order valence-electron chi connectivity index (χ2n) is 7.16. The number of nitrogens with one attached hydrogen (secondary N) is 1. The van der Waals surface area contributed by atoms with Gasteiger partial charge in [0, 0.05) is 44.3 Å². The summed E-state index contributed by atoms with van der Waals surface area (Å²) in [5.74, 6) is -0.114. The molecule has 0 unspecified atom stereocenters. The maximum Gasteiger partial charge on any atom is 0.257 e. The van der Waals surface area contributed by atoms with Crippen molar-refractivity contribution < 1.29 is 9.18 Å². The Morgan fingerprint density at radius 1 is 1.17 bits per heavy atom. The topological polar surface area (TPSA) is 61.4 Å². The number of thiazole rings is 1. The van der Waals surface area contributed by atoms with Crippen LogP contribution in [0.3, 0.4) is 0 Å². The standard InChI is InChI=1S/C22H24FN5OS/c1-2-20-25-16(15-30-20)14-27-10-12-28(13-11-27)22(29)17-6-5-9-24-21(17)26-19-8-4-3-7-18(19)23/h3-9,15H,2,10-14H2,1H3,(H,24,26). The lowest BCUT2D eigenvalue weighted by Gasteiger charge is -2.34. The lowest BCUT2D eigenvalue weighted by Crippen LogP contribution is -2.48. The molecule has 0 atom stereocenters. The minimum Gasteiger partial charge on any atom is -0.337 e. The fraction of sp³-hybridized carbons (Fsp3) is 0.318. The van der Waals surface area contributed by atoms with Crippen molar-refractivity contribution in [1.29, 1.82) is 0 Å². The van der Waals surface area contributed by atoms with Crippen molar-refractivity contribution in [2.75, 3.05) is 31.5 Å². The number of nitrogens with zero attached hydrogens (tertiary/aromatic N) is 4. The van der Waals surface area contributed by atoms with Crippen LogP contribution in [0.25, 0.3) is 0 Å². The van der Waals surface area contributed by atoms with Gasteiger partial charge in [0.25, 0.3) is 5.91 Å². The minimum atomic E-state index is -0.386. The second-order valence-corrected chi connectivity index (χ2v) is 8.10. The molecular weight excluding hydrogens is 401 g/mol. The zero-order chi connectivity index (χ0) is 20.9. The zero-order valence-electron chi connectivity index (χ0n) is 16.8. The molecule has 1 fully saturated rings. The minimum absolute atomic E-state index is 0.0940. The molecule has 3 aromatic rings. The van der Waals surface area contributed by atoms with E-state index in [0.717, 1.165) is 36.8 Å². The molecule has 156 valence electrons. The van der Waals surface area contributed by atoms with E-state index in [4.69, 9.17) is 0 Å². The van der Waals surface area contributed by atoms with Crippen molar-refractivity contribution in [3.8, 4) is 0 Å². The van der Waals surface area contributed by atoms with Crippen LogP contribution in [0.4, 0.5) is 15.9 Å². The molecule has 2 aromatic heterocycles. The highest BCUT2D eigenvalue weighted by molar-refractivity contribution is 7.09. The lowest BCUT2D eigenvalue weighted by molar-refractivity contribution is 0.0628. The largest absolute Gasteiger partial charge is 0.337 e. The van der Waals surface area contributed by atoms with E-state index in [1.165, 1.54) is 6.07 Å². The van der Waals surface area contributed by atoms with Crippen molar-refractivity contribution >= 4 is 28.7 Å². The molecule has 3 heterocycles. The Morgan fingerprint density at radius 2 is 1.97 bits per heavy atom. The molecule has 0 saturated carbocycles. The van der Waals surface area contributed by atoms with Gasteiger partial charge in [-0.3, -0.25) is 9.69 Å². The summed E-state index contributed by atoms with van der Waals surface area (Å²) >= 11 is 1.70. The number of aryl methyl sites for hydroxylation is 1. The molecule has 0 aliphatic carbocycles. The van der Waals surface area contributed by atoms with Crippen LogP contribution in [0.15, 0.2) is 48.0 Å². The first-order valence-corrected chi connectivity index (χ1v) is 10.9. The van der Waals surface area contributed by atoms with Gasteiger partial charge >= 0.3 is 0 Å². The van der Waals surface area contributed by atoms with Gasteiger partial charge in [0.1, 0.15) is 11.6 Å². The molecule has 30 heavy (non-hydrogen) atoms.